The first-order chi connectivity index (χ1) is 13.5. The number of amides is 1. The van der Waals surface area contributed by atoms with Crippen molar-refractivity contribution in [2.24, 2.45) is 0 Å². The number of fused-ring (bicyclic) bond motifs is 1. The van der Waals surface area contributed by atoms with E-state index in [2.05, 4.69) is 23.0 Å². The average Bonchev–Trinajstić information content (AvgIpc) is 3.12. The number of aliphatic hydroxyl groups excluding tert-OH is 1. The number of aromatic nitrogens is 4. The molecule has 1 aliphatic rings. The number of aromatic amines is 1. The molecule has 4 rings (SSSR count). The number of rotatable bonds is 4. The van der Waals surface area contributed by atoms with Crippen molar-refractivity contribution < 1.29 is 14.6 Å². The number of H-pyrrole nitrogens is 1. The molecule has 10 nitrogen and oxygen atoms in total. The van der Waals surface area contributed by atoms with Crippen LogP contribution in [0.1, 0.15) is 16.6 Å². The molecule has 2 aromatic heterocycles. The molecule has 0 spiro atoms. The summed E-state index contributed by atoms with van der Waals surface area (Å²) in [5.41, 5.74) is 0.475. The Labute approximate surface area is 175 Å². The van der Waals surface area contributed by atoms with Crippen molar-refractivity contribution >= 4 is 49.1 Å². The third-order valence-electron chi connectivity index (χ3n) is 4.39. The van der Waals surface area contributed by atoms with Crippen LogP contribution in [0.15, 0.2) is 41.5 Å². The van der Waals surface area contributed by atoms with Gasteiger partial charge < -0.3 is 0 Å². The molecule has 2 atom stereocenters. The minimum absolute atomic E-state index is 0.0345. The molecule has 3 aromatic rings. The Morgan fingerprint density at radius 1 is 1.36 bits per heavy atom. The van der Waals surface area contributed by atoms with Gasteiger partial charge in [-0.05, 0) is 0 Å². The molecular formula is C17H17N6O4Tl. The Bertz CT molecular complexity index is 1050. The van der Waals surface area contributed by atoms with Crippen molar-refractivity contribution in [3.63, 3.8) is 0 Å². The van der Waals surface area contributed by atoms with Gasteiger partial charge in [-0.15, -0.1) is 0 Å². The van der Waals surface area contributed by atoms with Crippen LogP contribution in [-0.4, -0.2) is 85.1 Å². The maximum absolute atomic E-state index is 12.4. The SMILES string of the molecule is O=C(Nc1nc2c(ncn2[C@H]2C[N]([Tl])C[C@@H](CO)O2)c(=O)[nH]1)c1ccccc1. The monoisotopic (exact) mass is 574 g/mol. The van der Waals surface area contributed by atoms with Crippen LogP contribution in [0.4, 0.5) is 5.95 Å². The number of ether oxygens (including phenoxy) is 1. The van der Waals surface area contributed by atoms with Crippen LogP contribution in [0.3, 0.4) is 0 Å². The van der Waals surface area contributed by atoms with E-state index < -0.39 is 11.8 Å². The second-order valence-corrected chi connectivity index (χ2v) is 9.25. The topological polar surface area (TPSA) is 125 Å². The van der Waals surface area contributed by atoms with Gasteiger partial charge in [-0.2, -0.15) is 0 Å². The van der Waals surface area contributed by atoms with Crippen molar-refractivity contribution in [1.82, 2.24) is 22.2 Å². The Morgan fingerprint density at radius 2 is 2.14 bits per heavy atom. The van der Waals surface area contributed by atoms with Crippen molar-refractivity contribution in [2.45, 2.75) is 12.3 Å². The van der Waals surface area contributed by atoms with Crippen molar-refractivity contribution in [2.75, 3.05) is 25.0 Å². The zero-order chi connectivity index (χ0) is 19.7. The number of carbonyl (C=O) groups excluding carboxylic acids is 1. The van der Waals surface area contributed by atoms with Gasteiger partial charge in [-0.25, -0.2) is 0 Å². The second kappa shape index (κ2) is 8.07. The van der Waals surface area contributed by atoms with Crippen LogP contribution in [0.25, 0.3) is 11.2 Å². The van der Waals surface area contributed by atoms with Crippen LogP contribution in [-0.2, 0) is 4.74 Å². The van der Waals surface area contributed by atoms with Crippen LogP contribution >= 0.6 is 0 Å². The zero-order valence-corrected chi connectivity index (χ0v) is 19.3. The van der Waals surface area contributed by atoms with Crippen molar-refractivity contribution in [1.29, 1.82) is 0 Å². The Kier molecular flexibility index (Phi) is 5.52. The maximum atomic E-state index is 12.4. The number of aliphatic hydroxyl groups is 1. The molecule has 1 amide bonds. The molecule has 28 heavy (non-hydrogen) atoms. The third-order valence-corrected chi connectivity index (χ3v) is 6.03. The van der Waals surface area contributed by atoms with Crippen molar-refractivity contribution in [3.8, 4) is 0 Å². The van der Waals surface area contributed by atoms with Gasteiger partial charge in [-0.1, -0.05) is 6.07 Å². The normalized spacial score (nSPS) is 20.3. The van der Waals surface area contributed by atoms with Gasteiger partial charge in [0.15, 0.2) is 0 Å². The van der Waals surface area contributed by atoms with Gasteiger partial charge in [0.1, 0.15) is 0 Å². The number of carbonyl (C=O) groups is 1. The molecule has 0 aliphatic carbocycles. The first-order valence-electron chi connectivity index (χ1n) is 8.64. The minimum atomic E-state index is -0.453. The summed E-state index contributed by atoms with van der Waals surface area (Å²) in [6, 6.07) is 8.65. The van der Waals surface area contributed by atoms with E-state index in [-0.39, 0.29) is 30.1 Å². The summed E-state index contributed by atoms with van der Waals surface area (Å²) in [5.74, 6) is -0.345. The third kappa shape index (κ3) is 3.85. The molecule has 1 aromatic carbocycles. The van der Waals surface area contributed by atoms with Gasteiger partial charge in [0.25, 0.3) is 0 Å². The molecule has 0 unspecified atom stereocenters. The summed E-state index contributed by atoms with van der Waals surface area (Å²) in [5, 5.41) is 12.1. The molecule has 1 fully saturated rings. The van der Waals surface area contributed by atoms with E-state index in [0.29, 0.717) is 50.4 Å². The van der Waals surface area contributed by atoms with E-state index in [9.17, 15) is 14.7 Å². The van der Waals surface area contributed by atoms with E-state index in [4.69, 9.17) is 4.74 Å². The summed E-state index contributed by atoms with van der Waals surface area (Å²) in [7, 11) is 0. The number of imidazole rings is 1. The Hall–Kier alpha value is -2.16. The molecule has 3 heterocycles. The van der Waals surface area contributed by atoms with Gasteiger partial charge in [-0.3, -0.25) is 0 Å². The fraction of sp³-hybridized carbons (Fsp3) is 0.294. The van der Waals surface area contributed by atoms with E-state index in [1.54, 1.807) is 28.8 Å². The number of nitrogens with one attached hydrogen (secondary N) is 2. The van der Waals surface area contributed by atoms with E-state index in [1.807, 2.05) is 6.07 Å². The molecule has 11 heteroatoms. The number of hydrogen-bond donors (Lipinski definition) is 3. The molecule has 0 saturated carbocycles. The molecule has 1 aliphatic heterocycles. The Balaban J connectivity index is 1.67. The molecular weight excluding hydrogens is 557 g/mol. The number of nitrogens with zero attached hydrogens (tertiary/aromatic N) is 4. The number of anilines is 1. The van der Waals surface area contributed by atoms with E-state index in [1.165, 1.54) is 6.33 Å². The van der Waals surface area contributed by atoms with Crippen LogP contribution < -0.4 is 10.9 Å². The predicted molar refractivity (Wildman–Crippen MR) is 101 cm³/mol. The molecule has 0 bridgehead atoms. The zero-order valence-electron chi connectivity index (χ0n) is 14.8. The van der Waals surface area contributed by atoms with Crippen LogP contribution in [0.2, 0.25) is 0 Å². The first kappa shape index (κ1) is 19.2. The second-order valence-electron chi connectivity index (χ2n) is 6.41. The summed E-state index contributed by atoms with van der Waals surface area (Å²) < 4.78 is 9.76. The van der Waals surface area contributed by atoms with Gasteiger partial charge >= 0.3 is 170 Å². The number of hydrogen-bond acceptors (Lipinski definition) is 7. The fourth-order valence-corrected chi connectivity index (χ4v) is 4.68. The Morgan fingerprint density at radius 3 is 2.89 bits per heavy atom. The quantitative estimate of drug-likeness (QED) is 0.365. The van der Waals surface area contributed by atoms with E-state index >= 15 is 0 Å². The van der Waals surface area contributed by atoms with Crippen molar-refractivity contribution in [3.05, 3.63) is 52.6 Å². The fourth-order valence-electron chi connectivity index (χ4n) is 3.06. The predicted octanol–water partition coefficient (Wildman–Crippen LogP) is -0.353. The van der Waals surface area contributed by atoms with Gasteiger partial charge in [0.05, 0.1) is 0 Å². The average molecular weight is 574 g/mol. The number of benzene rings is 1. The number of morpholine rings is 1. The first-order valence-corrected chi connectivity index (χ1v) is 10.6. The molecule has 3 N–H and O–H groups in total. The van der Waals surface area contributed by atoms with Crippen LogP contribution in [0, 0.1) is 0 Å². The summed E-state index contributed by atoms with van der Waals surface area (Å²) in [6.07, 6.45) is 0.770. The molecule has 1 saturated heterocycles. The molecule has 142 valence electrons. The van der Waals surface area contributed by atoms with Crippen LogP contribution in [0.5, 0.6) is 0 Å². The van der Waals surface area contributed by atoms with Gasteiger partial charge in [0.2, 0.25) is 0 Å². The summed E-state index contributed by atoms with van der Waals surface area (Å²) >= 11 is 0.595. The summed E-state index contributed by atoms with van der Waals surface area (Å²) in [4.78, 5) is 35.8. The van der Waals surface area contributed by atoms with E-state index in [0.717, 1.165) is 0 Å². The molecule has 0 radical (unpaired) electrons. The van der Waals surface area contributed by atoms with Gasteiger partial charge in [0, 0.05) is 0 Å². The standard InChI is InChI=1S/C17H17N6O4.Tl/c24-8-11-6-18-7-12(27-11)23-9-19-13-14(23)20-17(22-16(13)26)21-15(25)10-4-2-1-3-5-10;/h1-5,9,11-12,24H,6-8H2,(H2,20,21,22,25,26);/q-1;+1/t11-,12+;/m0./s1. The summed E-state index contributed by atoms with van der Waals surface area (Å²) in [6.45, 7) is 1.21.